The molecule has 4 aromatic heterocycles. The first-order valence-corrected chi connectivity index (χ1v) is 27.5. The minimum Gasteiger partial charge on any atom is -0.619 e. The second-order valence-corrected chi connectivity index (χ2v) is 19.9. The Morgan fingerprint density at radius 1 is 0.697 bits per heavy atom. The van der Waals surface area contributed by atoms with E-state index >= 15 is 0 Å². The first kappa shape index (κ1) is 64.2. The van der Waals surface area contributed by atoms with Crippen molar-refractivity contribution in [3.05, 3.63) is 310 Å². The number of anilines is 4. The van der Waals surface area contributed by atoms with E-state index in [1.54, 1.807) is 29.8 Å². The molecule has 2 aliphatic heterocycles. The third kappa shape index (κ3) is 20.6. The molecular formula is C73H59FIr4N8O2S-8. The van der Waals surface area contributed by atoms with Crippen molar-refractivity contribution in [3.63, 3.8) is 0 Å². The smallest absolute Gasteiger partial charge is 0.155 e. The number of benzene rings is 8. The number of aliphatic hydroxyl groups excluding tert-OH is 1. The molecule has 8 aromatic carbocycles. The summed E-state index contributed by atoms with van der Waals surface area (Å²) in [4.78, 5) is 28.0. The zero-order valence-electron chi connectivity index (χ0n) is 53.5. The van der Waals surface area contributed by atoms with Crippen LogP contribution >= 0.6 is 11.3 Å². The van der Waals surface area contributed by atoms with Gasteiger partial charge in [-0.05, 0) is 98.1 Å². The van der Waals surface area contributed by atoms with Crippen LogP contribution in [-0.2, 0) is 85.2 Å². The fourth-order valence-electron chi connectivity index (χ4n) is 8.61. The summed E-state index contributed by atoms with van der Waals surface area (Å²) in [5.74, 6) is -0.326. The summed E-state index contributed by atoms with van der Waals surface area (Å²) in [6.07, 6.45) is 10.0. The third-order valence-electron chi connectivity index (χ3n) is 12.5. The van der Waals surface area contributed by atoms with Crippen LogP contribution in [0.15, 0.2) is 255 Å². The molecular weight excluding hydrogens is 1840 g/mol. The average Bonchev–Trinajstić information content (AvgIpc) is 1.77. The maximum Gasteiger partial charge on any atom is 0.155 e. The van der Waals surface area contributed by atoms with E-state index in [2.05, 4.69) is 123 Å². The van der Waals surface area contributed by atoms with Crippen molar-refractivity contribution in [3.8, 4) is 44.2 Å². The van der Waals surface area contributed by atoms with Gasteiger partial charge in [0.05, 0.1) is 12.6 Å². The first-order chi connectivity index (χ1) is 43.5. The van der Waals surface area contributed by atoms with E-state index in [0.717, 1.165) is 60.8 Å². The zero-order valence-corrected chi connectivity index (χ0v) is 58.9. The number of thiophene rings is 1. The summed E-state index contributed by atoms with van der Waals surface area (Å²) >= 11 is 1.73. The molecule has 4 radical (unpaired) electrons. The topological polar surface area (TPSA) is 103 Å². The molecule has 0 fully saturated rings. The van der Waals surface area contributed by atoms with Crippen molar-refractivity contribution in [1.82, 2.24) is 25.1 Å². The summed E-state index contributed by atoms with van der Waals surface area (Å²) in [6.45, 7) is 8.67. The van der Waals surface area contributed by atoms with Gasteiger partial charge >= 0.3 is 0 Å². The van der Waals surface area contributed by atoms with Crippen molar-refractivity contribution in [2.75, 3.05) is 28.8 Å². The SMILES string of the molecule is CC(=O)C=C(C)O.CN1C=CN(c2[c-]cc(F)cc2)[CH-]1.CN1[CH-]N(c2[c-]cccc2)c2ccccc21.[2H]c1c([2H])c([2H])c(-c2cnc(-c3[c-]ccc4ccccc34)cc2C)c([2H])c1[2H].[Ir].[Ir].[Ir].[Ir].[c-]1c(-c2ccccn2)sc2ccccc12.[c-]1ccccc1-c1ccn[n-]1. The molecule has 2 aliphatic rings. The molecule has 0 spiro atoms. The van der Waals surface area contributed by atoms with E-state index in [1.807, 2.05) is 164 Å². The number of fused-ring (bicyclic) bond motifs is 3. The number of rotatable bonds is 7. The van der Waals surface area contributed by atoms with Crippen LogP contribution in [0.2, 0.25) is 0 Å². The van der Waals surface area contributed by atoms with Crippen LogP contribution in [0.1, 0.15) is 26.3 Å². The second kappa shape index (κ2) is 36.6. The number of hydrogen-bond acceptors (Lipinski definition) is 10. The Morgan fingerprint density at radius 2 is 1.42 bits per heavy atom. The Hall–Kier alpha value is -7.83. The van der Waals surface area contributed by atoms with Crippen molar-refractivity contribution in [1.29, 1.82) is 0 Å². The Labute approximate surface area is 586 Å². The molecule has 10 nitrogen and oxygen atoms in total. The molecule has 0 bridgehead atoms. The number of aryl methyl sites for hydroxylation is 1. The fourth-order valence-corrected chi connectivity index (χ4v) is 9.59. The summed E-state index contributed by atoms with van der Waals surface area (Å²) < 4.78 is 53.7. The van der Waals surface area contributed by atoms with Gasteiger partial charge in [0.1, 0.15) is 0 Å². The Balaban J connectivity index is 0.000000213. The second-order valence-electron chi connectivity index (χ2n) is 18.9. The van der Waals surface area contributed by atoms with Crippen LogP contribution in [0.4, 0.5) is 27.1 Å². The molecule has 14 rings (SSSR count). The number of carbonyl (C=O) groups is 1. The number of halogens is 1. The van der Waals surface area contributed by atoms with Gasteiger partial charge in [-0.2, -0.15) is 55.3 Å². The molecule has 0 saturated heterocycles. The fraction of sp³-hybridized carbons (Fsp3) is 0.0685. The van der Waals surface area contributed by atoms with Crippen LogP contribution < -0.4 is 19.8 Å². The van der Waals surface area contributed by atoms with Crippen LogP contribution in [0.25, 0.3) is 65.1 Å². The summed E-state index contributed by atoms with van der Waals surface area (Å²) in [6, 6.07) is 72.5. The maximum absolute atomic E-state index is 12.6. The minimum absolute atomic E-state index is 0. The first-order valence-electron chi connectivity index (χ1n) is 29.2. The summed E-state index contributed by atoms with van der Waals surface area (Å²) in [7, 11) is 3.99. The summed E-state index contributed by atoms with van der Waals surface area (Å²) in [5, 5.41) is 19.3. The summed E-state index contributed by atoms with van der Waals surface area (Å²) in [5.41, 5.74) is 10.3. The Morgan fingerprint density at radius 3 is 2.04 bits per heavy atom. The van der Waals surface area contributed by atoms with E-state index in [0.29, 0.717) is 5.56 Å². The van der Waals surface area contributed by atoms with E-state index in [1.165, 1.54) is 53.5 Å². The molecule has 460 valence electrons. The molecule has 0 saturated carbocycles. The number of para-hydroxylation sites is 3. The van der Waals surface area contributed by atoms with Gasteiger partial charge < -0.3 is 44.9 Å². The number of ketones is 1. The van der Waals surface area contributed by atoms with Gasteiger partial charge in [-0.15, -0.1) is 119 Å². The van der Waals surface area contributed by atoms with E-state index < -0.39 is 6.04 Å². The maximum atomic E-state index is 12.6. The van der Waals surface area contributed by atoms with Crippen molar-refractivity contribution in [2.24, 2.45) is 0 Å². The molecule has 16 heteroatoms. The number of pyridine rings is 2. The molecule has 1 N–H and O–H groups in total. The van der Waals surface area contributed by atoms with Gasteiger partial charge in [-0.25, -0.2) is 17.0 Å². The van der Waals surface area contributed by atoms with Gasteiger partial charge in [0, 0.05) is 127 Å². The van der Waals surface area contributed by atoms with Crippen LogP contribution in [0, 0.1) is 56.4 Å². The Kier molecular flexibility index (Phi) is 26.4. The van der Waals surface area contributed by atoms with Crippen molar-refractivity contribution >= 4 is 60.7 Å². The molecule has 12 aromatic rings. The number of allylic oxidation sites excluding steroid dienone is 2. The molecule has 89 heavy (non-hydrogen) atoms. The largest absolute Gasteiger partial charge is 0.619 e. The molecule has 0 unspecified atom stereocenters. The van der Waals surface area contributed by atoms with Gasteiger partial charge in [-0.3, -0.25) is 9.18 Å². The minimum atomic E-state index is -0.397. The zero-order chi connectivity index (χ0) is 63.7. The number of carbonyl (C=O) groups excluding carboxylic acids is 1. The van der Waals surface area contributed by atoms with Gasteiger partial charge in [0.25, 0.3) is 0 Å². The predicted octanol–water partition coefficient (Wildman–Crippen LogP) is 17.1. The Bertz CT molecular complexity index is 4360. The van der Waals surface area contributed by atoms with Gasteiger partial charge in [0.15, 0.2) is 5.78 Å². The number of hydrogen-bond donors (Lipinski definition) is 1. The van der Waals surface area contributed by atoms with Crippen LogP contribution in [-0.4, -0.2) is 45.0 Å². The van der Waals surface area contributed by atoms with Crippen molar-refractivity contribution in [2.45, 2.75) is 20.8 Å². The molecule has 6 heterocycles. The van der Waals surface area contributed by atoms with Gasteiger partial charge in [0.2, 0.25) is 0 Å². The normalized spacial score (nSPS) is 12.3. The van der Waals surface area contributed by atoms with Crippen LogP contribution in [0.5, 0.6) is 0 Å². The van der Waals surface area contributed by atoms with Crippen LogP contribution in [0.3, 0.4) is 0 Å². The van der Waals surface area contributed by atoms with E-state index in [9.17, 15) is 9.18 Å². The quantitative estimate of drug-likeness (QED) is 0.0943. The predicted molar refractivity (Wildman–Crippen MR) is 344 cm³/mol. The average molecular weight is 1910 g/mol. The number of aliphatic hydroxyl groups is 1. The van der Waals surface area contributed by atoms with E-state index in [-0.39, 0.29) is 128 Å². The molecule has 0 amide bonds. The molecule has 0 atom stereocenters. The van der Waals surface area contributed by atoms with Crippen molar-refractivity contribution < 1.29 is 102 Å². The standard InChI is InChI=1S/C22H16N.C14H12N2.C13H8NS.C10H9FN2.C9H6N2.C5H8O2.4Ir/c1-16-14-22(23-15-21(16)18-8-3-2-4-9-18)20-13-7-11-17-10-5-6-12-19(17)20;1-15-11-16(12-7-3-2-4-8-12)14-10-6-5-9-13(14)15;1-2-7-12-10(5-1)9-13(15-12)11-6-3-4-8-14-11;1-12-6-7-13(8-12)10-4-2-9(11)3-5-10;1-2-4-8(5-3-1)9-6-7-10-11-9;1-4(6)3-5(2)7;;;;/h2-12,14-15H,1H3;2-7,9-11H,1H3;1-8H;2-4,6-8H,1H3;1-4,6-7H;3,6H,1-2H3;;;;/q-1;-2;-1;2*-2;;;;;/i2D,3D,4D,8D,9D;;;;;;;;;. The number of nitrogens with zero attached hydrogens (tertiary/aromatic N) is 8. The molecule has 0 aliphatic carbocycles. The number of aromatic nitrogens is 4. The monoisotopic (exact) mass is 1910 g/mol. The van der Waals surface area contributed by atoms with E-state index in [4.69, 9.17) is 12.0 Å². The third-order valence-corrected chi connectivity index (χ3v) is 13.6. The van der Waals surface area contributed by atoms with Gasteiger partial charge in [-0.1, -0.05) is 102 Å².